The lowest BCUT2D eigenvalue weighted by Gasteiger charge is -2.44. The third-order valence-electron chi connectivity index (χ3n) is 5.02. The Kier molecular flexibility index (Phi) is 4.24. The van der Waals surface area contributed by atoms with E-state index in [1.165, 1.54) is 23.5 Å². The third kappa shape index (κ3) is 2.89. The molecule has 0 atom stereocenters. The topological polar surface area (TPSA) is 79.7 Å². The molecule has 2 aromatic heterocycles. The van der Waals surface area contributed by atoms with Gasteiger partial charge in [0.1, 0.15) is 16.4 Å². The number of likely N-dealkylation sites (tertiary alicyclic amines) is 1. The number of carboxylic acid groups (broad SMARTS) is 1. The van der Waals surface area contributed by atoms with E-state index in [0.29, 0.717) is 37.4 Å². The molecule has 136 valence electrons. The maximum atomic E-state index is 13.0. The molecule has 0 saturated carbocycles. The van der Waals surface area contributed by atoms with Crippen LogP contribution in [-0.2, 0) is 16.8 Å². The monoisotopic (exact) mass is 376 g/mol. The average Bonchev–Trinajstić information content (AvgIpc) is 3.09. The summed E-state index contributed by atoms with van der Waals surface area (Å²) in [5.74, 6) is -1.63. The molecular weight excluding hydrogens is 359 g/mol. The number of rotatable bonds is 2. The van der Waals surface area contributed by atoms with Crippen molar-refractivity contribution in [3.63, 3.8) is 0 Å². The van der Waals surface area contributed by atoms with Crippen LogP contribution in [0.5, 0.6) is 0 Å². The fourth-order valence-electron chi connectivity index (χ4n) is 3.67. The summed E-state index contributed by atoms with van der Waals surface area (Å²) < 4.78 is 19.1. The number of fused-ring (bicyclic) bond motifs is 2. The first-order chi connectivity index (χ1) is 12.5. The lowest BCUT2D eigenvalue weighted by Crippen LogP contribution is -2.48. The van der Waals surface area contributed by atoms with Crippen LogP contribution in [0, 0.1) is 5.82 Å². The van der Waals surface area contributed by atoms with Gasteiger partial charge in [0.25, 0.3) is 5.91 Å². The van der Waals surface area contributed by atoms with E-state index < -0.39 is 17.4 Å². The molecule has 1 spiro atoms. The quantitative estimate of drug-likeness (QED) is 0.872. The second-order valence-corrected chi connectivity index (χ2v) is 7.64. The first-order valence-corrected chi connectivity index (χ1v) is 9.21. The van der Waals surface area contributed by atoms with Crippen molar-refractivity contribution < 1.29 is 23.8 Å². The Hall–Kier alpha value is -2.32. The fraction of sp³-hybridized carbons (Fsp3) is 0.389. The zero-order chi connectivity index (χ0) is 18.3. The first-order valence-electron chi connectivity index (χ1n) is 8.40. The molecule has 4 heterocycles. The highest BCUT2D eigenvalue weighted by Gasteiger charge is 2.43. The maximum absolute atomic E-state index is 13.0. The Labute approximate surface area is 153 Å². The van der Waals surface area contributed by atoms with Crippen molar-refractivity contribution >= 4 is 23.2 Å². The number of carboxylic acids is 1. The molecule has 2 aliphatic rings. The summed E-state index contributed by atoms with van der Waals surface area (Å²) in [5, 5.41) is 9.26. The minimum atomic E-state index is -0.922. The van der Waals surface area contributed by atoms with Gasteiger partial charge in [0.05, 0.1) is 18.4 Å². The average molecular weight is 376 g/mol. The largest absolute Gasteiger partial charge is 0.477 e. The minimum Gasteiger partial charge on any atom is -0.477 e. The van der Waals surface area contributed by atoms with Gasteiger partial charge in [-0.3, -0.25) is 4.79 Å². The van der Waals surface area contributed by atoms with Crippen LogP contribution in [0.1, 0.15) is 43.4 Å². The van der Waals surface area contributed by atoms with Gasteiger partial charge >= 0.3 is 5.97 Å². The standard InChI is InChI=1S/C18H17FN2O4S/c19-11-1-2-13(20-10-11)16(22)21-6-4-18(5-7-21)12-9-15(17(23)24)26-14(12)3-8-25-18/h1-2,9-10H,3-8H2,(H,23,24). The molecule has 1 amide bonds. The minimum absolute atomic E-state index is 0.219. The van der Waals surface area contributed by atoms with E-state index in [9.17, 15) is 19.1 Å². The molecule has 1 N–H and O–H groups in total. The molecule has 1 saturated heterocycles. The maximum Gasteiger partial charge on any atom is 0.345 e. The van der Waals surface area contributed by atoms with Crippen LogP contribution in [0.2, 0.25) is 0 Å². The number of aromatic nitrogens is 1. The smallest absolute Gasteiger partial charge is 0.345 e. The predicted molar refractivity (Wildman–Crippen MR) is 91.9 cm³/mol. The normalized spacial score (nSPS) is 18.6. The number of pyridine rings is 1. The van der Waals surface area contributed by atoms with Gasteiger partial charge in [-0.25, -0.2) is 14.2 Å². The highest BCUT2D eigenvalue weighted by Crippen LogP contribution is 2.44. The van der Waals surface area contributed by atoms with Crippen molar-refractivity contribution in [1.82, 2.24) is 9.88 Å². The van der Waals surface area contributed by atoms with Gasteiger partial charge in [-0.05, 0) is 36.6 Å². The number of carbonyl (C=O) groups is 2. The summed E-state index contributed by atoms with van der Waals surface area (Å²) in [6, 6.07) is 4.33. The Bertz CT molecular complexity index is 857. The third-order valence-corrected chi connectivity index (χ3v) is 6.21. The van der Waals surface area contributed by atoms with Crippen molar-refractivity contribution in [2.45, 2.75) is 24.9 Å². The predicted octanol–water partition coefficient (Wildman–Crippen LogP) is 2.68. The molecule has 0 radical (unpaired) electrons. The van der Waals surface area contributed by atoms with E-state index in [2.05, 4.69) is 4.98 Å². The van der Waals surface area contributed by atoms with Crippen LogP contribution in [0.4, 0.5) is 4.39 Å². The molecule has 1 fully saturated rings. The number of halogens is 1. The number of thiophene rings is 1. The first kappa shape index (κ1) is 17.1. The Morgan fingerprint density at radius 3 is 2.73 bits per heavy atom. The van der Waals surface area contributed by atoms with Gasteiger partial charge in [0.15, 0.2) is 0 Å². The van der Waals surface area contributed by atoms with Crippen molar-refractivity contribution in [1.29, 1.82) is 0 Å². The Balaban J connectivity index is 1.53. The van der Waals surface area contributed by atoms with Gasteiger partial charge < -0.3 is 14.7 Å². The molecule has 0 bridgehead atoms. The highest BCUT2D eigenvalue weighted by atomic mass is 32.1. The molecule has 6 nitrogen and oxygen atoms in total. The Morgan fingerprint density at radius 1 is 1.31 bits per heavy atom. The van der Waals surface area contributed by atoms with E-state index in [0.717, 1.165) is 23.1 Å². The number of piperidine rings is 1. The lowest BCUT2D eigenvalue weighted by molar-refractivity contribution is -0.0927. The Morgan fingerprint density at radius 2 is 2.08 bits per heavy atom. The number of nitrogens with zero attached hydrogens (tertiary/aromatic N) is 2. The van der Waals surface area contributed by atoms with Gasteiger partial charge in [-0.1, -0.05) is 0 Å². The summed E-state index contributed by atoms with van der Waals surface area (Å²) in [5.41, 5.74) is 0.652. The molecule has 0 aliphatic carbocycles. The molecule has 0 aromatic carbocycles. The van der Waals surface area contributed by atoms with E-state index in [1.807, 2.05) is 0 Å². The number of hydrogen-bond donors (Lipinski definition) is 1. The summed E-state index contributed by atoms with van der Waals surface area (Å²) in [6.07, 6.45) is 2.95. The van der Waals surface area contributed by atoms with E-state index >= 15 is 0 Å². The van der Waals surface area contributed by atoms with Crippen LogP contribution in [0.25, 0.3) is 0 Å². The summed E-state index contributed by atoms with van der Waals surface area (Å²) in [7, 11) is 0. The van der Waals surface area contributed by atoms with Gasteiger partial charge in [0, 0.05) is 24.4 Å². The van der Waals surface area contributed by atoms with Crippen molar-refractivity contribution in [2.24, 2.45) is 0 Å². The molecule has 8 heteroatoms. The van der Waals surface area contributed by atoms with Crippen LogP contribution in [0.3, 0.4) is 0 Å². The van der Waals surface area contributed by atoms with Crippen LogP contribution >= 0.6 is 11.3 Å². The molecule has 2 aliphatic heterocycles. The number of carbonyl (C=O) groups excluding carboxylic acids is 1. The summed E-state index contributed by atoms with van der Waals surface area (Å²) in [6.45, 7) is 1.52. The van der Waals surface area contributed by atoms with Crippen LogP contribution in [-0.4, -0.2) is 46.6 Å². The molecule has 0 unspecified atom stereocenters. The molecule has 2 aromatic rings. The number of ether oxygens (including phenoxy) is 1. The van der Waals surface area contributed by atoms with Gasteiger partial charge in [-0.2, -0.15) is 0 Å². The van der Waals surface area contributed by atoms with E-state index in [-0.39, 0.29) is 11.6 Å². The molecular formula is C18H17FN2O4S. The highest BCUT2D eigenvalue weighted by molar-refractivity contribution is 7.14. The zero-order valence-corrected chi connectivity index (χ0v) is 14.7. The number of hydrogen-bond acceptors (Lipinski definition) is 5. The fourth-order valence-corrected chi connectivity index (χ4v) is 4.74. The van der Waals surface area contributed by atoms with Crippen molar-refractivity contribution in [3.05, 3.63) is 51.2 Å². The summed E-state index contributed by atoms with van der Waals surface area (Å²) in [4.78, 5) is 30.8. The second-order valence-electron chi connectivity index (χ2n) is 6.50. The van der Waals surface area contributed by atoms with Crippen LogP contribution < -0.4 is 0 Å². The van der Waals surface area contributed by atoms with E-state index in [1.54, 1.807) is 11.0 Å². The SMILES string of the molecule is O=C(O)c1cc2c(s1)CCOC21CCN(C(=O)c2ccc(F)cn2)CC1. The van der Waals surface area contributed by atoms with Crippen molar-refractivity contribution in [2.75, 3.05) is 19.7 Å². The van der Waals surface area contributed by atoms with Gasteiger partial charge in [0.2, 0.25) is 0 Å². The molecule has 4 rings (SSSR count). The second kappa shape index (κ2) is 6.44. The zero-order valence-electron chi connectivity index (χ0n) is 13.9. The lowest BCUT2D eigenvalue weighted by atomic mass is 9.82. The van der Waals surface area contributed by atoms with Gasteiger partial charge in [-0.15, -0.1) is 11.3 Å². The summed E-state index contributed by atoms with van der Waals surface area (Å²) >= 11 is 1.31. The van der Waals surface area contributed by atoms with Crippen molar-refractivity contribution in [3.8, 4) is 0 Å². The number of aromatic carboxylic acids is 1. The van der Waals surface area contributed by atoms with Crippen LogP contribution in [0.15, 0.2) is 24.4 Å². The van der Waals surface area contributed by atoms with E-state index in [4.69, 9.17) is 4.74 Å². The number of amides is 1. The molecule has 26 heavy (non-hydrogen) atoms.